The minimum atomic E-state index is -0.202. The SMILES string of the molecule is CCCC(=O)NCC1CCCN(C(=O)C2COCCN2)C1. The zero-order valence-corrected chi connectivity index (χ0v) is 12.9. The van der Waals surface area contributed by atoms with Crippen molar-refractivity contribution in [1.82, 2.24) is 15.5 Å². The Hall–Kier alpha value is -1.14. The van der Waals surface area contributed by atoms with Crippen LogP contribution >= 0.6 is 0 Å². The fourth-order valence-electron chi connectivity index (χ4n) is 2.95. The Morgan fingerprint density at radius 2 is 2.29 bits per heavy atom. The maximum atomic E-state index is 12.4. The van der Waals surface area contributed by atoms with E-state index in [0.717, 1.165) is 38.9 Å². The molecular formula is C15H27N3O3. The van der Waals surface area contributed by atoms with Gasteiger partial charge in [0.05, 0.1) is 13.2 Å². The van der Waals surface area contributed by atoms with E-state index in [9.17, 15) is 9.59 Å². The third-order valence-corrected chi connectivity index (χ3v) is 4.12. The van der Waals surface area contributed by atoms with Crippen LogP contribution in [0.5, 0.6) is 0 Å². The number of ether oxygens (including phenoxy) is 1. The molecule has 0 spiro atoms. The summed E-state index contributed by atoms with van der Waals surface area (Å²) in [7, 11) is 0. The molecule has 2 amide bonds. The molecule has 6 nitrogen and oxygen atoms in total. The van der Waals surface area contributed by atoms with Crippen LogP contribution in [-0.4, -0.2) is 62.1 Å². The molecule has 2 heterocycles. The summed E-state index contributed by atoms with van der Waals surface area (Å²) in [5, 5.41) is 6.19. The van der Waals surface area contributed by atoms with Gasteiger partial charge in [-0.3, -0.25) is 9.59 Å². The lowest BCUT2D eigenvalue weighted by Crippen LogP contribution is -2.55. The molecule has 0 saturated carbocycles. The Bertz CT molecular complexity index is 356. The highest BCUT2D eigenvalue weighted by molar-refractivity contribution is 5.82. The molecule has 2 atom stereocenters. The minimum absolute atomic E-state index is 0.114. The predicted molar refractivity (Wildman–Crippen MR) is 79.8 cm³/mol. The van der Waals surface area contributed by atoms with E-state index in [1.165, 1.54) is 0 Å². The maximum Gasteiger partial charge on any atom is 0.242 e. The highest BCUT2D eigenvalue weighted by atomic mass is 16.5. The van der Waals surface area contributed by atoms with Crippen LogP contribution in [0.25, 0.3) is 0 Å². The topological polar surface area (TPSA) is 70.7 Å². The molecule has 2 saturated heterocycles. The van der Waals surface area contributed by atoms with Crippen LogP contribution in [0.1, 0.15) is 32.6 Å². The first-order valence-electron chi connectivity index (χ1n) is 8.07. The Morgan fingerprint density at radius 1 is 1.43 bits per heavy atom. The number of piperidine rings is 1. The largest absolute Gasteiger partial charge is 0.378 e. The Morgan fingerprint density at radius 3 is 3.00 bits per heavy atom. The summed E-state index contributed by atoms with van der Waals surface area (Å²) in [6, 6.07) is -0.202. The van der Waals surface area contributed by atoms with Gasteiger partial charge in [0, 0.05) is 32.6 Å². The molecule has 0 radical (unpaired) electrons. The van der Waals surface area contributed by atoms with Crippen LogP contribution in [0.15, 0.2) is 0 Å². The molecule has 2 N–H and O–H groups in total. The van der Waals surface area contributed by atoms with Crippen molar-refractivity contribution in [3.8, 4) is 0 Å². The summed E-state index contributed by atoms with van der Waals surface area (Å²) < 4.78 is 5.36. The highest BCUT2D eigenvalue weighted by Crippen LogP contribution is 2.17. The zero-order valence-electron chi connectivity index (χ0n) is 12.9. The normalized spacial score (nSPS) is 26.4. The summed E-state index contributed by atoms with van der Waals surface area (Å²) in [5.74, 6) is 0.621. The third kappa shape index (κ3) is 4.97. The summed E-state index contributed by atoms with van der Waals surface area (Å²) >= 11 is 0. The van der Waals surface area contributed by atoms with E-state index in [2.05, 4.69) is 10.6 Å². The molecule has 6 heteroatoms. The lowest BCUT2D eigenvalue weighted by Gasteiger charge is -2.36. The number of amides is 2. The van der Waals surface area contributed by atoms with Crippen molar-refractivity contribution in [3.63, 3.8) is 0 Å². The van der Waals surface area contributed by atoms with E-state index in [1.807, 2.05) is 11.8 Å². The zero-order chi connectivity index (χ0) is 15.1. The van der Waals surface area contributed by atoms with Crippen LogP contribution in [0, 0.1) is 5.92 Å². The van der Waals surface area contributed by atoms with Gasteiger partial charge in [0.25, 0.3) is 0 Å². The first kappa shape index (κ1) is 16.2. The smallest absolute Gasteiger partial charge is 0.242 e. The van der Waals surface area contributed by atoms with Crippen LogP contribution in [0.3, 0.4) is 0 Å². The van der Waals surface area contributed by atoms with E-state index in [0.29, 0.717) is 32.1 Å². The number of likely N-dealkylation sites (tertiary alicyclic amines) is 1. The van der Waals surface area contributed by atoms with Crippen LogP contribution in [0.2, 0.25) is 0 Å². The van der Waals surface area contributed by atoms with Crippen molar-refractivity contribution in [1.29, 1.82) is 0 Å². The Kier molecular flexibility index (Phi) is 6.45. The number of nitrogens with zero attached hydrogens (tertiary/aromatic N) is 1. The van der Waals surface area contributed by atoms with Gasteiger partial charge < -0.3 is 20.3 Å². The second-order valence-electron chi connectivity index (χ2n) is 5.93. The number of hydrogen-bond donors (Lipinski definition) is 2. The molecule has 2 aliphatic heterocycles. The maximum absolute atomic E-state index is 12.4. The van der Waals surface area contributed by atoms with E-state index in [-0.39, 0.29) is 17.9 Å². The lowest BCUT2D eigenvalue weighted by molar-refractivity contribution is -0.138. The molecule has 0 aromatic heterocycles. The molecule has 2 rings (SSSR count). The molecular weight excluding hydrogens is 270 g/mol. The minimum Gasteiger partial charge on any atom is -0.378 e. The molecule has 2 unspecified atom stereocenters. The molecule has 2 aliphatic rings. The van der Waals surface area contributed by atoms with Gasteiger partial charge in [0.15, 0.2) is 0 Å². The van der Waals surface area contributed by atoms with Crippen molar-refractivity contribution in [2.24, 2.45) is 5.92 Å². The quantitative estimate of drug-likeness (QED) is 0.757. The van der Waals surface area contributed by atoms with Gasteiger partial charge in [-0.25, -0.2) is 0 Å². The Balaban J connectivity index is 1.77. The number of nitrogens with one attached hydrogen (secondary N) is 2. The number of hydrogen-bond acceptors (Lipinski definition) is 4. The third-order valence-electron chi connectivity index (χ3n) is 4.12. The monoisotopic (exact) mass is 297 g/mol. The predicted octanol–water partition coefficient (Wildman–Crippen LogP) is 0.130. The van der Waals surface area contributed by atoms with Gasteiger partial charge >= 0.3 is 0 Å². The summed E-state index contributed by atoms with van der Waals surface area (Å²) in [6.45, 7) is 6.11. The van der Waals surface area contributed by atoms with Gasteiger partial charge in [0.1, 0.15) is 6.04 Å². The summed E-state index contributed by atoms with van der Waals surface area (Å²) in [6.07, 6.45) is 3.53. The Labute approximate surface area is 126 Å². The number of carbonyl (C=O) groups excluding carboxylic acids is 2. The molecule has 2 fully saturated rings. The van der Waals surface area contributed by atoms with Crippen LogP contribution < -0.4 is 10.6 Å². The van der Waals surface area contributed by atoms with Gasteiger partial charge in [-0.05, 0) is 25.2 Å². The highest BCUT2D eigenvalue weighted by Gasteiger charge is 2.30. The summed E-state index contributed by atoms with van der Waals surface area (Å²) in [4.78, 5) is 25.9. The number of rotatable bonds is 5. The van der Waals surface area contributed by atoms with E-state index < -0.39 is 0 Å². The van der Waals surface area contributed by atoms with E-state index >= 15 is 0 Å². The average molecular weight is 297 g/mol. The van der Waals surface area contributed by atoms with E-state index in [1.54, 1.807) is 0 Å². The molecule has 0 aromatic carbocycles. The van der Waals surface area contributed by atoms with Gasteiger partial charge in [-0.2, -0.15) is 0 Å². The number of carbonyl (C=O) groups is 2. The van der Waals surface area contributed by atoms with E-state index in [4.69, 9.17) is 4.74 Å². The summed E-state index contributed by atoms with van der Waals surface area (Å²) in [5.41, 5.74) is 0. The van der Waals surface area contributed by atoms with Crippen molar-refractivity contribution < 1.29 is 14.3 Å². The van der Waals surface area contributed by atoms with Gasteiger partial charge in [-0.15, -0.1) is 0 Å². The van der Waals surface area contributed by atoms with Gasteiger partial charge in [-0.1, -0.05) is 6.92 Å². The second kappa shape index (κ2) is 8.34. The number of morpholine rings is 1. The van der Waals surface area contributed by atoms with Crippen LogP contribution in [-0.2, 0) is 14.3 Å². The molecule has 0 aromatic rings. The van der Waals surface area contributed by atoms with Crippen molar-refractivity contribution in [3.05, 3.63) is 0 Å². The standard InChI is InChI=1S/C15H27N3O3/c1-2-4-14(19)17-9-12-5-3-7-18(10-12)15(20)13-11-21-8-6-16-13/h12-13,16H,2-11H2,1H3,(H,17,19). The van der Waals surface area contributed by atoms with Crippen LogP contribution in [0.4, 0.5) is 0 Å². The first-order valence-corrected chi connectivity index (χ1v) is 8.07. The molecule has 120 valence electrons. The lowest BCUT2D eigenvalue weighted by atomic mass is 9.97. The van der Waals surface area contributed by atoms with Gasteiger partial charge in [0.2, 0.25) is 11.8 Å². The van der Waals surface area contributed by atoms with Crippen molar-refractivity contribution in [2.45, 2.75) is 38.6 Å². The average Bonchev–Trinajstić information content (AvgIpc) is 2.54. The fraction of sp³-hybridized carbons (Fsp3) is 0.867. The molecule has 0 aliphatic carbocycles. The van der Waals surface area contributed by atoms with Crippen molar-refractivity contribution >= 4 is 11.8 Å². The molecule has 21 heavy (non-hydrogen) atoms. The van der Waals surface area contributed by atoms with Crippen molar-refractivity contribution in [2.75, 3.05) is 39.4 Å². The first-order chi connectivity index (χ1) is 10.2. The fourth-order valence-corrected chi connectivity index (χ4v) is 2.95. The molecule has 0 bridgehead atoms. The second-order valence-corrected chi connectivity index (χ2v) is 5.93.